The number of nitriles is 1. The van der Waals surface area contributed by atoms with Crippen molar-refractivity contribution < 1.29 is 23.0 Å². The predicted molar refractivity (Wildman–Crippen MR) is 112 cm³/mol. The van der Waals surface area contributed by atoms with Gasteiger partial charge in [0.05, 0.1) is 13.3 Å². The molecule has 0 unspecified atom stereocenters. The van der Waals surface area contributed by atoms with Crippen molar-refractivity contribution in [3.8, 4) is 17.6 Å². The summed E-state index contributed by atoms with van der Waals surface area (Å²) in [5.41, 5.74) is 4.14. The zero-order valence-electron chi connectivity index (χ0n) is 18.0. The zero-order chi connectivity index (χ0) is 23.3. The maximum Gasteiger partial charge on any atom is 0.387 e. The molecule has 10 heteroatoms. The van der Waals surface area contributed by atoms with Crippen molar-refractivity contribution in [1.29, 1.82) is 5.26 Å². The first-order valence-electron chi connectivity index (χ1n) is 9.96. The van der Waals surface area contributed by atoms with Gasteiger partial charge in [0.15, 0.2) is 17.1 Å². The van der Waals surface area contributed by atoms with Gasteiger partial charge < -0.3 is 14.8 Å². The van der Waals surface area contributed by atoms with Crippen molar-refractivity contribution in [3.05, 3.63) is 52.5 Å². The summed E-state index contributed by atoms with van der Waals surface area (Å²) in [6.45, 7) is 1.12. The Kier molecular flexibility index (Phi) is 7.20. The molecule has 2 aromatic heterocycles. The van der Waals surface area contributed by atoms with Crippen LogP contribution in [0.5, 0.6) is 11.5 Å². The van der Waals surface area contributed by atoms with Gasteiger partial charge >= 0.3 is 6.61 Å². The van der Waals surface area contributed by atoms with E-state index in [1.54, 1.807) is 16.6 Å². The average molecular weight is 443 g/mol. The number of halogens is 2. The highest BCUT2D eigenvalue weighted by molar-refractivity contribution is 5.76. The van der Waals surface area contributed by atoms with Crippen molar-refractivity contribution in [2.24, 2.45) is 0 Å². The molecule has 0 aliphatic rings. The van der Waals surface area contributed by atoms with E-state index >= 15 is 0 Å². The van der Waals surface area contributed by atoms with Gasteiger partial charge in [-0.05, 0) is 49.9 Å². The smallest absolute Gasteiger partial charge is 0.387 e. The molecule has 0 radical (unpaired) electrons. The third kappa shape index (κ3) is 5.11. The summed E-state index contributed by atoms with van der Waals surface area (Å²) in [5.74, 6) is 0.0338. The number of carbonyl (C=O) groups is 1. The monoisotopic (exact) mass is 443 g/mol. The van der Waals surface area contributed by atoms with Gasteiger partial charge in [-0.15, -0.1) is 0 Å². The van der Waals surface area contributed by atoms with E-state index in [0.717, 1.165) is 22.5 Å². The highest BCUT2D eigenvalue weighted by Gasteiger charge is 2.15. The number of carbonyl (C=O) groups excluding carboxylic acids is 1. The molecule has 0 saturated heterocycles. The third-order valence-electron chi connectivity index (χ3n) is 5.11. The van der Waals surface area contributed by atoms with E-state index < -0.39 is 6.61 Å². The Balaban J connectivity index is 1.57. The Morgan fingerprint density at radius 2 is 2.06 bits per heavy atom. The molecule has 0 saturated carbocycles. The number of aromatic nitrogens is 3. The van der Waals surface area contributed by atoms with Crippen LogP contribution in [0.3, 0.4) is 0 Å². The van der Waals surface area contributed by atoms with Gasteiger partial charge in [-0.25, -0.2) is 9.50 Å². The van der Waals surface area contributed by atoms with Gasteiger partial charge in [-0.2, -0.15) is 19.1 Å². The largest absolute Gasteiger partial charge is 0.493 e. The molecule has 0 atom stereocenters. The summed E-state index contributed by atoms with van der Waals surface area (Å²) in [6.07, 6.45) is 2.65. The van der Waals surface area contributed by atoms with E-state index in [9.17, 15) is 13.6 Å². The molecular weight excluding hydrogens is 420 g/mol. The summed E-state index contributed by atoms with van der Waals surface area (Å²) in [6, 6.07) is 6.83. The summed E-state index contributed by atoms with van der Waals surface area (Å²) in [5, 5.41) is 16.2. The van der Waals surface area contributed by atoms with Gasteiger partial charge in [-0.1, -0.05) is 6.07 Å². The minimum Gasteiger partial charge on any atom is -0.493 e. The fourth-order valence-electron chi connectivity index (χ4n) is 3.49. The number of hydrogen-bond donors (Lipinski definition) is 1. The molecule has 0 aliphatic heterocycles. The van der Waals surface area contributed by atoms with Crippen LogP contribution in [0, 0.1) is 25.2 Å². The van der Waals surface area contributed by atoms with Gasteiger partial charge in [0, 0.05) is 24.4 Å². The standard InChI is InChI=1S/C22H23F2N5O3/c1-13-17(14(2)29-21(28-13)16(11-25)12-27-29)5-7-20(30)26-9-8-15-4-6-18(31-3)19(10-15)32-22(23)24/h4,6,10,12,22H,5,7-9H2,1-3H3,(H,26,30). The maximum absolute atomic E-state index is 12.6. The number of nitrogens with one attached hydrogen (secondary N) is 1. The highest BCUT2D eigenvalue weighted by atomic mass is 19.3. The Labute approximate surface area is 183 Å². The molecular formula is C22H23F2N5O3. The lowest BCUT2D eigenvalue weighted by Crippen LogP contribution is -2.26. The van der Waals surface area contributed by atoms with Crippen molar-refractivity contribution >= 4 is 11.6 Å². The lowest BCUT2D eigenvalue weighted by Gasteiger charge is -2.12. The number of alkyl halides is 2. The zero-order valence-corrected chi connectivity index (χ0v) is 18.0. The van der Waals surface area contributed by atoms with Crippen LogP contribution in [0.4, 0.5) is 8.78 Å². The number of rotatable bonds is 9. The van der Waals surface area contributed by atoms with E-state index in [1.165, 1.54) is 19.4 Å². The molecule has 168 valence electrons. The van der Waals surface area contributed by atoms with E-state index in [1.807, 2.05) is 13.8 Å². The quantitative estimate of drug-likeness (QED) is 0.545. The Morgan fingerprint density at radius 3 is 2.75 bits per heavy atom. The first-order valence-corrected chi connectivity index (χ1v) is 9.96. The molecule has 1 N–H and O–H groups in total. The summed E-state index contributed by atoms with van der Waals surface area (Å²) < 4.78 is 36.2. The summed E-state index contributed by atoms with van der Waals surface area (Å²) >= 11 is 0. The molecule has 0 fully saturated rings. The normalized spacial score (nSPS) is 10.9. The summed E-state index contributed by atoms with van der Waals surface area (Å²) in [7, 11) is 1.37. The van der Waals surface area contributed by atoms with Crippen LogP contribution in [0.2, 0.25) is 0 Å². The minimum atomic E-state index is -2.95. The van der Waals surface area contributed by atoms with Crippen molar-refractivity contribution in [2.75, 3.05) is 13.7 Å². The second-order valence-corrected chi connectivity index (χ2v) is 7.13. The van der Waals surface area contributed by atoms with Crippen LogP contribution < -0.4 is 14.8 Å². The second kappa shape index (κ2) is 10.0. The molecule has 32 heavy (non-hydrogen) atoms. The molecule has 8 nitrogen and oxygen atoms in total. The SMILES string of the molecule is COc1ccc(CCNC(=O)CCc2c(C)nc3c(C#N)cnn3c2C)cc1OC(F)F. The number of amides is 1. The van der Waals surface area contributed by atoms with Gasteiger partial charge in [0.25, 0.3) is 0 Å². The van der Waals surface area contributed by atoms with Crippen LogP contribution in [0.15, 0.2) is 24.4 Å². The highest BCUT2D eigenvalue weighted by Crippen LogP contribution is 2.29. The maximum atomic E-state index is 12.6. The number of aryl methyl sites for hydroxylation is 2. The van der Waals surface area contributed by atoms with Crippen LogP contribution in [-0.4, -0.2) is 40.8 Å². The predicted octanol–water partition coefficient (Wildman–Crippen LogP) is 3.12. The van der Waals surface area contributed by atoms with Gasteiger partial charge in [-0.3, -0.25) is 4.79 Å². The lowest BCUT2D eigenvalue weighted by molar-refractivity contribution is -0.121. The number of nitrogens with zero attached hydrogens (tertiary/aromatic N) is 4. The van der Waals surface area contributed by atoms with Crippen LogP contribution in [0.1, 0.15) is 34.5 Å². The number of fused-ring (bicyclic) bond motifs is 1. The number of ether oxygens (including phenoxy) is 2. The molecule has 1 amide bonds. The second-order valence-electron chi connectivity index (χ2n) is 7.13. The van der Waals surface area contributed by atoms with Crippen molar-refractivity contribution in [2.45, 2.75) is 39.7 Å². The number of hydrogen-bond acceptors (Lipinski definition) is 6. The van der Waals surface area contributed by atoms with E-state index in [4.69, 9.17) is 10.00 Å². The van der Waals surface area contributed by atoms with E-state index in [-0.39, 0.29) is 23.8 Å². The fraction of sp³-hybridized carbons (Fsp3) is 0.364. The Morgan fingerprint density at radius 1 is 1.28 bits per heavy atom. The third-order valence-corrected chi connectivity index (χ3v) is 5.11. The molecule has 2 heterocycles. The summed E-state index contributed by atoms with van der Waals surface area (Å²) in [4.78, 5) is 16.8. The van der Waals surface area contributed by atoms with E-state index in [0.29, 0.717) is 30.6 Å². The molecule has 0 spiro atoms. The number of methoxy groups -OCH3 is 1. The Hall–Kier alpha value is -3.74. The topological polar surface area (TPSA) is 102 Å². The van der Waals surface area contributed by atoms with Crippen molar-refractivity contribution in [3.63, 3.8) is 0 Å². The Bertz CT molecular complexity index is 1170. The fourth-order valence-corrected chi connectivity index (χ4v) is 3.49. The van der Waals surface area contributed by atoms with Crippen LogP contribution in [-0.2, 0) is 17.6 Å². The first kappa shape index (κ1) is 22.9. The first-order chi connectivity index (χ1) is 15.3. The van der Waals surface area contributed by atoms with Crippen molar-refractivity contribution in [1.82, 2.24) is 19.9 Å². The molecule has 3 rings (SSSR count). The molecule has 3 aromatic rings. The van der Waals surface area contributed by atoms with Crippen LogP contribution >= 0.6 is 0 Å². The minimum absolute atomic E-state index is 0.0432. The average Bonchev–Trinajstić information content (AvgIpc) is 3.16. The van der Waals surface area contributed by atoms with Gasteiger partial charge in [0.1, 0.15) is 11.6 Å². The van der Waals surface area contributed by atoms with Crippen LogP contribution in [0.25, 0.3) is 5.65 Å². The number of benzene rings is 1. The van der Waals surface area contributed by atoms with E-state index in [2.05, 4.69) is 26.2 Å². The van der Waals surface area contributed by atoms with Gasteiger partial charge in [0.2, 0.25) is 5.91 Å². The molecule has 1 aromatic carbocycles. The molecule has 0 aliphatic carbocycles. The lowest BCUT2D eigenvalue weighted by atomic mass is 10.1. The molecule has 0 bridgehead atoms.